The minimum Gasteiger partial charge on any atom is -0.466 e. The van der Waals surface area contributed by atoms with E-state index in [2.05, 4.69) is 28.5 Å². The van der Waals surface area contributed by atoms with Gasteiger partial charge in [-0.1, -0.05) is 0 Å². The first-order valence-corrected chi connectivity index (χ1v) is 12.2. The Bertz CT molecular complexity index is 547. The molecule has 1 saturated carbocycles. The number of rotatable bonds is 7. The molecule has 0 bridgehead atoms. The van der Waals surface area contributed by atoms with Crippen LogP contribution in [0.1, 0.15) is 59.3 Å². The highest BCUT2D eigenvalue weighted by molar-refractivity contribution is 5.72. The third kappa shape index (κ3) is 5.36. The molecule has 0 radical (unpaired) electrons. The molecular formula is C23H41N3O4. The van der Waals surface area contributed by atoms with Gasteiger partial charge in [0.2, 0.25) is 0 Å². The zero-order valence-electron chi connectivity index (χ0n) is 19.1. The van der Waals surface area contributed by atoms with Gasteiger partial charge in [-0.2, -0.15) is 0 Å². The lowest BCUT2D eigenvalue weighted by molar-refractivity contribution is -0.217. The number of morpholine rings is 1. The topological polar surface area (TPSA) is 54.5 Å². The van der Waals surface area contributed by atoms with Crippen LogP contribution in [-0.4, -0.2) is 97.3 Å². The number of ether oxygens (including phenoxy) is 3. The Kier molecular flexibility index (Phi) is 7.68. The maximum Gasteiger partial charge on any atom is 0.308 e. The second kappa shape index (κ2) is 10.3. The summed E-state index contributed by atoms with van der Waals surface area (Å²) in [6.45, 7) is 13.2. The van der Waals surface area contributed by atoms with E-state index in [1.54, 1.807) is 0 Å². The number of carbonyl (C=O) groups excluding carboxylic acids is 1. The van der Waals surface area contributed by atoms with Crippen molar-refractivity contribution >= 4 is 5.97 Å². The molecule has 1 aliphatic carbocycles. The lowest BCUT2D eigenvalue weighted by atomic mass is 9.87. The predicted molar refractivity (Wildman–Crippen MR) is 115 cm³/mol. The highest BCUT2D eigenvalue weighted by Crippen LogP contribution is 2.31. The first kappa shape index (κ1) is 22.5. The van der Waals surface area contributed by atoms with Crippen LogP contribution < -0.4 is 0 Å². The normalized spacial score (nSPS) is 35.8. The minimum atomic E-state index is -0.0217. The van der Waals surface area contributed by atoms with E-state index in [1.807, 2.05) is 6.92 Å². The minimum absolute atomic E-state index is 0.0217. The molecule has 7 nitrogen and oxygen atoms in total. The smallest absolute Gasteiger partial charge is 0.308 e. The summed E-state index contributed by atoms with van der Waals surface area (Å²) in [4.78, 5) is 19.7. The van der Waals surface area contributed by atoms with Crippen LogP contribution in [0, 0.1) is 5.92 Å². The summed E-state index contributed by atoms with van der Waals surface area (Å²) >= 11 is 0. The third-order valence-electron chi connectivity index (χ3n) is 7.23. The molecule has 4 aliphatic rings. The summed E-state index contributed by atoms with van der Waals surface area (Å²) < 4.78 is 17.8. The van der Waals surface area contributed by atoms with Gasteiger partial charge in [-0.15, -0.1) is 0 Å². The molecule has 172 valence electrons. The van der Waals surface area contributed by atoms with Crippen LogP contribution in [0.4, 0.5) is 0 Å². The van der Waals surface area contributed by atoms with Crippen molar-refractivity contribution in [3.05, 3.63) is 0 Å². The number of likely N-dealkylation sites (tertiary alicyclic amines) is 2. The van der Waals surface area contributed by atoms with E-state index < -0.39 is 0 Å². The molecule has 0 N–H and O–H groups in total. The summed E-state index contributed by atoms with van der Waals surface area (Å²) in [5.41, 5.74) is 0. The molecule has 0 aromatic rings. The molecule has 0 aromatic carbocycles. The zero-order chi connectivity index (χ0) is 21.1. The molecule has 4 rings (SSSR count). The van der Waals surface area contributed by atoms with E-state index in [1.165, 1.54) is 12.8 Å². The van der Waals surface area contributed by atoms with E-state index in [0.29, 0.717) is 24.9 Å². The Balaban J connectivity index is 1.29. The summed E-state index contributed by atoms with van der Waals surface area (Å²) in [6.07, 6.45) is 7.24. The van der Waals surface area contributed by atoms with Crippen molar-refractivity contribution in [1.29, 1.82) is 0 Å². The van der Waals surface area contributed by atoms with Gasteiger partial charge in [0.25, 0.3) is 0 Å². The van der Waals surface area contributed by atoms with Crippen LogP contribution in [-0.2, 0) is 19.0 Å². The fourth-order valence-electron chi connectivity index (χ4n) is 5.65. The fourth-order valence-corrected chi connectivity index (χ4v) is 5.65. The summed E-state index contributed by atoms with van der Waals surface area (Å²) in [7, 11) is 0. The number of hydrogen-bond donors (Lipinski definition) is 0. The lowest BCUT2D eigenvalue weighted by Gasteiger charge is -2.53. The van der Waals surface area contributed by atoms with Crippen molar-refractivity contribution in [3.8, 4) is 0 Å². The largest absolute Gasteiger partial charge is 0.466 e. The molecule has 1 unspecified atom stereocenters. The van der Waals surface area contributed by atoms with Gasteiger partial charge in [-0.25, -0.2) is 0 Å². The first-order chi connectivity index (χ1) is 14.5. The molecule has 3 heterocycles. The Hall–Kier alpha value is -0.730. The quantitative estimate of drug-likeness (QED) is 0.583. The maximum absolute atomic E-state index is 12.0. The van der Waals surface area contributed by atoms with E-state index in [-0.39, 0.29) is 24.3 Å². The van der Waals surface area contributed by atoms with Gasteiger partial charge >= 0.3 is 5.97 Å². The van der Waals surface area contributed by atoms with E-state index in [4.69, 9.17) is 14.2 Å². The van der Waals surface area contributed by atoms with Crippen molar-refractivity contribution in [2.24, 2.45) is 5.92 Å². The van der Waals surface area contributed by atoms with Gasteiger partial charge in [-0.3, -0.25) is 19.5 Å². The SMILES string of the molecule is CCOC(=O)C1CCC(OC(N2CCCC2)N2CC(N3C[C@@H](C)O[C@@H](C)C3)C2)CC1. The van der Waals surface area contributed by atoms with Crippen LogP contribution in [0.25, 0.3) is 0 Å². The highest BCUT2D eigenvalue weighted by atomic mass is 16.5. The lowest BCUT2D eigenvalue weighted by Crippen LogP contribution is -2.68. The average molecular weight is 424 g/mol. The van der Waals surface area contributed by atoms with Crippen LogP contribution >= 0.6 is 0 Å². The second-order valence-electron chi connectivity index (χ2n) is 9.75. The number of carbonyl (C=O) groups is 1. The third-order valence-corrected chi connectivity index (χ3v) is 7.23. The van der Waals surface area contributed by atoms with Gasteiger partial charge < -0.3 is 14.2 Å². The van der Waals surface area contributed by atoms with E-state index in [0.717, 1.165) is 65.0 Å². The average Bonchev–Trinajstić information content (AvgIpc) is 3.20. The fraction of sp³-hybridized carbons (Fsp3) is 0.957. The molecule has 0 aromatic heterocycles. The second-order valence-corrected chi connectivity index (χ2v) is 9.75. The molecule has 0 spiro atoms. The van der Waals surface area contributed by atoms with Crippen molar-refractivity contribution in [2.45, 2.75) is 90.0 Å². The van der Waals surface area contributed by atoms with Crippen LogP contribution in [0.3, 0.4) is 0 Å². The van der Waals surface area contributed by atoms with Crippen molar-refractivity contribution in [3.63, 3.8) is 0 Å². The Morgan fingerprint density at radius 3 is 2.20 bits per heavy atom. The molecule has 3 atom stereocenters. The predicted octanol–water partition coefficient (Wildman–Crippen LogP) is 2.30. The Morgan fingerprint density at radius 1 is 0.967 bits per heavy atom. The molecular weight excluding hydrogens is 382 g/mol. The summed E-state index contributed by atoms with van der Waals surface area (Å²) in [6, 6.07) is 0.618. The van der Waals surface area contributed by atoms with Gasteiger partial charge in [0, 0.05) is 45.3 Å². The van der Waals surface area contributed by atoms with Gasteiger partial charge in [0.1, 0.15) is 0 Å². The maximum atomic E-state index is 12.0. The molecule has 3 saturated heterocycles. The van der Waals surface area contributed by atoms with Crippen molar-refractivity contribution < 1.29 is 19.0 Å². The van der Waals surface area contributed by atoms with Crippen LogP contribution in [0.5, 0.6) is 0 Å². The van der Waals surface area contributed by atoms with Gasteiger partial charge in [0.05, 0.1) is 30.8 Å². The Labute approximate surface area is 182 Å². The van der Waals surface area contributed by atoms with Crippen molar-refractivity contribution in [2.75, 3.05) is 45.9 Å². The van der Waals surface area contributed by atoms with Crippen molar-refractivity contribution in [1.82, 2.24) is 14.7 Å². The molecule has 0 amide bonds. The highest BCUT2D eigenvalue weighted by Gasteiger charge is 2.42. The molecule has 4 fully saturated rings. The molecule has 3 aliphatic heterocycles. The summed E-state index contributed by atoms with van der Waals surface area (Å²) in [5, 5.41) is 0. The van der Waals surface area contributed by atoms with E-state index >= 15 is 0 Å². The monoisotopic (exact) mass is 423 g/mol. The summed E-state index contributed by atoms with van der Waals surface area (Å²) in [5.74, 6) is 0.0420. The first-order valence-electron chi connectivity index (χ1n) is 12.2. The molecule has 30 heavy (non-hydrogen) atoms. The molecule has 7 heteroatoms. The van der Waals surface area contributed by atoms with Crippen LogP contribution in [0.15, 0.2) is 0 Å². The number of nitrogens with zero attached hydrogens (tertiary/aromatic N) is 3. The standard InChI is InChI=1S/C23H41N3O4/c1-4-28-22(27)19-7-9-21(10-8-19)30-23(24-11-5-6-12-24)26-15-20(16-26)25-13-17(2)29-18(3)14-25/h17-21,23H,4-16H2,1-3H3/t17-,18+,19?,21?,23?. The van der Waals surface area contributed by atoms with Crippen LogP contribution in [0.2, 0.25) is 0 Å². The Morgan fingerprint density at radius 2 is 1.60 bits per heavy atom. The number of hydrogen-bond acceptors (Lipinski definition) is 7. The van der Waals surface area contributed by atoms with Gasteiger partial charge in [-0.05, 0) is 59.3 Å². The van der Waals surface area contributed by atoms with Gasteiger partial charge in [0.15, 0.2) is 6.35 Å². The number of esters is 1. The van der Waals surface area contributed by atoms with E-state index in [9.17, 15) is 4.79 Å². The zero-order valence-corrected chi connectivity index (χ0v) is 19.1.